The Bertz CT molecular complexity index is 677. The second kappa shape index (κ2) is 8.64. The molecule has 0 saturated carbocycles. The maximum Gasteiger partial charge on any atom is 0.127 e. The van der Waals surface area contributed by atoms with Crippen LogP contribution in [0.4, 0.5) is 0 Å². The zero-order valence-electron chi connectivity index (χ0n) is 16.9. The molecular weight excluding hydrogens is 324 g/mol. The van der Waals surface area contributed by atoms with Gasteiger partial charge in [-0.2, -0.15) is 0 Å². The van der Waals surface area contributed by atoms with E-state index in [4.69, 9.17) is 20.6 Å². The average molecular weight is 357 g/mol. The van der Waals surface area contributed by atoms with Crippen molar-refractivity contribution in [1.82, 2.24) is 0 Å². The second-order valence-corrected chi connectivity index (χ2v) is 8.28. The number of allylic oxidation sites excluding steroid dienone is 1. The molecule has 3 heteroatoms. The molecule has 142 valence electrons. The van der Waals surface area contributed by atoms with Crippen molar-refractivity contribution in [2.75, 3.05) is 13.2 Å². The number of hydrogen-bond donors (Lipinski definition) is 0. The van der Waals surface area contributed by atoms with Gasteiger partial charge in [-0.05, 0) is 71.6 Å². The van der Waals surface area contributed by atoms with Gasteiger partial charge in [0, 0.05) is 12.5 Å². The van der Waals surface area contributed by atoms with Gasteiger partial charge in [0.25, 0.3) is 0 Å². The first-order valence-corrected chi connectivity index (χ1v) is 9.39. The van der Waals surface area contributed by atoms with Gasteiger partial charge >= 0.3 is 0 Å². The summed E-state index contributed by atoms with van der Waals surface area (Å²) in [6, 6.07) is 6.13. The highest BCUT2D eigenvalue weighted by Crippen LogP contribution is 2.37. The molecular formula is C23H32O3. The molecule has 3 nitrogen and oxygen atoms in total. The van der Waals surface area contributed by atoms with Crippen LogP contribution >= 0.6 is 0 Å². The maximum atomic E-state index is 5.96. The van der Waals surface area contributed by atoms with Crippen molar-refractivity contribution >= 4 is 0 Å². The molecule has 0 atom stereocenters. The lowest BCUT2D eigenvalue weighted by atomic mass is 9.99. The number of terminal acetylenes is 1. The fourth-order valence-corrected chi connectivity index (χ4v) is 3.14. The molecule has 0 saturated heterocycles. The average Bonchev–Trinajstić information content (AvgIpc) is 2.86. The van der Waals surface area contributed by atoms with Gasteiger partial charge < -0.3 is 14.2 Å². The molecule has 0 radical (unpaired) electrons. The number of rotatable bonds is 9. The second-order valence-electron chi connectivity index (χ2n) is 8.28. The van der Waals surface area contributed by atoms with Crippen LogP contribution in [0.3, 0.4) is 0 Å². The van der Waals surface area contributed by atoms with E-state index < -0.39 is 0 Å². The van der Waals surface area contributed by atoms with Crippen LogP contribution in [-0.4, -0.2) is 24.4 Å². The van der Waals surface area contributed by atoms with Crippen molar-refractivity contribution in [3.05, 3.63) is 35.4 Å². The number of fused-ring (bicyclic) bond motifs is 1. The smallest absolute Gasteiger partial charge is 0.127 e. The minimum absolute atomic E-state index is 0.116. The van der Waals surface area contributed by atoms with Gasteiger partial charge in [-0.15, -0.1) is 6.42 Å². The number of ether oxygens (including phenoxy) is 3. The van der Waals surface area contributed by atoms with Crippen LogP contribution in [0.2, 0.25) is 0 Å². The summed E-state index contributed by atoms with van der Waals surface area (Å²) in [4.78, 5) is 0. The molecule has 0 aromatic heterocycles. The van der Waals surface area contributed by atoms with E-state index in [0.717, 1.165) is 37.2 Å². The Balaban J connectivity index is 1.74. The lowest BCUT2D eigenvalue weighted by Gasteiger charge is -2.24. The molecule has 2 rings (SSSR count). The highest BCUT2D eigenvalue weighted by Gasteiger charge is 2.30. The molecule has 1 aliphatic rings. The molecule has 0 amide bonds. The molecule has 1 heterocycles. The van der Waals surface area contributed by atoms with Crippen molar-refractivity contribution in [2.24, 2.45) is 0 Å². The first kappa shape index (κ1) is 20.4. The third-order valence-electron chi connectivity index (χ3n) is 4.62. The Morgan fingerprint density at radius 3 is 2.88 bits per heavy atom. The standard InChI is InChI=1S/C23H32O3/c1-7-14-25-22(3,4)13-8-9-18(2)12-15-24-20-11-10-19-17-23(5,6)26-21(19)16-20/h1,10-12,16H,8-9,13-15,17H2,2-6H3/b18-12+. The van der Waals surface area contributed by atoms with E-state index in [2.05, 4.69) is 52.7 Å². The molecule has 0 fully saturated rings. The lowest BCUT2D eigenvalue weighted by molar-refractivity contribution is -0.00564. The third kappa shape index (κ3) is 6.42. The van der Waals surface area contributed by atoms with Crippen LogP contribution in [0.1, 0.15) is 59.4 Å². The quantitative estimate of drug-likeness (QED) is 0.442. The van der Waals surface area contributed by atoms with E-state index >= 15 is 0 Å². The lowest BCUT2D eigenvalue weighted by Crippen LogP contribution is -2.24. The molecule has 1 aromatic carbocycles. The molecule has 0 bridgehead atoms. The normalized spacial score (nSPS) is 15.9. The van der Waals surface area contributed by atoms with Crippen molar-refractivity contribution < 1.29 is 14.2 Å². The molecule has 1 aromatic rings. The van der Waals surface area contributed by atoms with Crippen LogP contribution in [-0.2, 0) is 11.2 Å². The van der Waals surface area contributed by atoms with E-state index in [9.17, 15) is 0 Å². The summed E-state index contributed by atoms with van der Waals surface area (Å²) in [7, 11) is 0. The van der Waals surface area contributed by atoms with Crippen LogP contribution in [0.5, 0.6) is 11.5 Å². The van der Waals surface area contributed by atoms with Gasteiger partial charge in [0.05, 0.1) is 5.60 Å². The van der Waals surface area contributed by atoms with Crippen LogP contribution < -0.4 is 9.47 Å². The zero-order chi connectivity index (χ0) is 19.2. The minimum atomic E-state index is -0.165. The molecule has 1 aliphatic heterocycles. The SMILES string of the molecule is C#CCOC(C)(C)CCC/C(C)=C/COc1ccc2c(c1)OC(C)(C)C2. The summed E-state index contributed by atoms with van der Waals surface area (Å²) in [6.45, 7) is 11.5. The fraction of sp³-hybridized carbons (Fsp3) is 0.565. The van der Waals surface area contributed by atoms with Crippen LogP contribution in [0.25, 0.3) is 0 Å². The van der Waals surface area contributed by atoms with Gasteiger partial charge in [0.15, 0.2) is 0 Å². The van der Waals surface area contributed by atoms with Crippen molar-refractivity contribution in [1.29, 1.82) is 0 Å². The van der Waals surface area contributed by atoms with E-state index in [1.54, 1.807) is 0 Å². The number of hydrogen-bond acceptors (Lipinski definition) is 3. The van der Waals surface area contributed by atoms with Gasteiger partial charge in [-0.3, -0.25) is 0 Å². The van der Waals surface area contributed by atoms with Crippen molar-refractivity contribution in [3.8, 4) is 23.8 Å². The fourth-order valence-electron chi connectivity index (χ4n) is 3.14. The van der Waals surface area contributed by atoms with E-state index in [-0.39, 0.29) is 11.2 Å². The summed E-state index contributed by atoms with van der Waals surface area (Å²) in [5.74, 6) is 4.33. The molecule has 0 spiro atoms. The first-order valence-electron chi connectivity index (χ1n) is 9.39. The number of benzene rings is 1. The topological polar surface area (TPSA) is 27.7 Å². The van der Waals surface area contributed by atoms with E-state index in [0.29, 0.717) is 13.2 Å². The Hall–Kier alpha value is -1.92. The molecule has 0 N–H and O–H groups in total. The van der Waals surface area contributed by atoms with Crippen molar-refractivity contribution in [3.63, 3.8) is 0 Å². The maximum absolute atomic E-state index is 5.96. The Morgan fingerprint density at radius 2 is 2.15 bits per heavy atom. The molecule has 26 heavy (non-hydrogen) atoms. The van der Waals surface area contributed by atoms with Gasteiger partial charge in [-0.1, -0.05) is 17.6 Å². The predicted octanol–water partition coefficient (Wildman–Crippen LogP) is 5.32. The highest BCUT2D eigenvalue weighted by atomic mass is 16.5. The Labute approximate surface area is 158 Å². The summed E-state index contributed by atoms with van der Waals surface area (Å²) >= 11 is 0. The van der Waals surface area contributed by atoms with Crippen LogP contribution in [0, 0.1) is 12.3 Å². The monoisotopic (exact) mass is 356 g/mol. The van der Waals surface area contributed by atoms with Gasteiger partial charge in [-0.25, -0.2) is 0 Å². The van der Waals surface area contributed by atoms with Crippen molar-refractivity contribution in [2.45, 2.75) is 71.5 Å². The summed E-state index contributed by atoms with van der Waals surface area (Å²) < 4.78 is 17.5. The Morgan fingerprint density at radius 1 is 1.38 bits per heavy atom. The minimum Gasteiger partial charge on any atom is -0.489 e. The largest absolute Gasteiger partial charge is 0.489 e. The summed E-state index contributed by atoms with van der Waals surface area (Å²) in [5.41, 5.74) is 2.30. The highest BCUT2D eigenvalue weighted by molar-refractivity contribution is 5.44. The first-order chi connectivity index (χ1) is 12.2. The Kier molecular flexibility index (Phi) is 6.78. The molecule has 0 aliphatic carbocycles. The summed E-state index contributed by atoms with van der Waals surface area (Å²) in [6.07, 6.45) is 11.4. The van der Waals surface area contributed by atoms with Gasteiger partial charge in [0.2, 0.25) is 0 Å². The third-order valence-corrected chi connectivity index (χ3v) is 4.62. The zero-order valence-corrected chi connectivity index (χ0v) is 16.9. The van der Waals surface area contributed by atoms with Crippen LogP contribution in [0.15, 0.2) is 29.8 Å². The van der Waals surface area contributed by atoms with E-state index in [1.807, 2.05) is 12.1 Å². The van der Waals surface area contributed by atoms with Gasteiger partial charge in [0.1, 0.15) is 30.3 Å². The van der Waals surface area contributed by atoms with E-state index in [1.165, 1.54) is 11.1 Å². The summed E-state index contributed by atoms with van der Waals surface area (Å²) in [5, 5.41) is 0. The predicted molar refractivity (Wildman–Crippen MR) is 107 cm³/mol. The molecule has 0 unspecified atom stereocenters.